The van der Waals surface area contributed by atoms with E-state index in [1.807, 2.05) is 0 Å². The third-order valence-corrected chi connectivity index (χ3v) is 8.01. The van der Waals surface area contributed by atoms with Gasteiger partial charge in [-0.25, -0.2) is 8.42 Å². The van der Waals surface area contributed by atoms with Crippen molar-refractivity contribution in [1.29, 1.82) is 0 Å². The van der Waals surface area contributed by atoms with Crippen LogP contribution in [0.5, 0.6) is 11.5 Å². The van der Waals surface area contributed by atoms with Gasteiger partial charge in [-0.3, -0.25) is 4.79 Å². The topological polar surface area (TPSA) is 81.7 Å². The molecule has 1 amide bonds. The number of rotatable bonds is 6. The summed E-state index contributed by atoms with van der Waals surface area (Å²) in [7, 11) is -3.55. The Balaban J connectivity index is 1.32. The number of ether oxygens (including phenoxy) is 2. The first-order chi connectivity index (χ1) is 12.9. The van der Waals surface area contributed by atoms with Gasteiger partial charge in [0, 0.05) is 18.5 Å². The van der Waals surface area contributed by atoms with Gasteiger partial charge in [-0.15, -0.1) is 0 Å². The van der Waals surface area contributed by atoms with Gasteiger partial charge in [0.15, 0.2) is 21.3 Å². The number of sulfone groups is 1. The van der Waals surface area contributed by atoms with Crippen molar-refractivity contribution in [2.75, 3.05) is 19.0 Å². The van der Waals surface area contributed by atoms with Crippen LogP contribution in [0.25, 0.3) is 0 Å². The summed E-state index contributed by atoms with van der Waals surface area (Å²) in [6.07, 6.45) is 5.07. The van der Waals surface area contributed by atoms with E-state index in [2.05, 4.69) is 12.2 Å². The van der Waals surface area contributed by atoms with E-state index in [1.165, 1.54) is 37.8 Å². The molecule has 1 N–H and O–H groups in total. The molecule has 2 fully saturated rings. The van der Waals surface area contributed by atoms with Crippen molar-refractivity contribution in [2.45, 2.75) is 50.0 Å². The predicted molar refractivity (Wildman–Crippen MR) is 101 cm³/mol. The molecule has 2 aliphatic carbocycles. The summed E-state index contributed by atoms with van der Waals surface area (Å²) in [4.78, 5) is 12.5. The standard InChI is InChI=1S/C20H27NO5S/c1-13(17-11-14-2-3-15(17)10-14)21-20(22)6-9-27(23,24)16-4-5-18-19(12-16)26-8-7-25-18/h4-5,12-15,17H,2-3,6-11H2,1H3,(H,21,22)/t13-,14-,15-,17+/m0/s1. The van der Waals surface area contributed by atoms with Crippen LogP contribution in [0.1, 0.15) is 39.0 Å². The van der Waals surface area contributed by atoms with Crippen LogP contribution in [-0.4, -0.2) is 39.3 Å². The average molecular weight is 394 g/mol. The number of carbonyl (C=O) groups excluding carboxylic acids is 1. The fraction of sp³-hybridized carbons (Fsp3) is 0.650. The Bertz CT molecular complexity index is 822. The van der Waals surface area contributed by atoms with Gasteiger partial charge in [0.1, 0.15) is 13.2 Å². The van der Waals surface area contributed by atoms with Crippen LogP contribution in [0, 0.1) is 17.8 Å². The molecule has 1 aromatic carbocycles. The maximum Gasteiger partial charge on any atom is 0.221 e. The molecule has 4 atom stereocenters. The fourth-order valence-corrected chi connectivity index (χ4v) is 6.15. The molecule has 0 radical (unpaired) electrons. The van der Waals surface area contributed by atoms with Crippen molar-refractivity contribution in [1.82, 2.24) is 5.32 Å². The molecular formula is C20H27NO5S. The molecule has 3 aliphatic rings. The summed E-state index contributed by atoms with van der Waals surface area (Å²) in [6, 6.07) is 4.72. The number of hydrogen-bond donors (Lipinski definition) is 1. The normalized spacial score (nSPS) is 27.4. The van der Waals surface area contributed by atoms with Gasteiger partial charge in [0.05, 0.1) is 10.6 Å². The van der Waals surface area contributed by atoms with E-state index in [1.54, 1.807) is 6.07 Å². The molecule has 148 valence electrons. The molecule has 27 heavy (non-hydrogen) atoms. The number of amides is 1. The lowest BCUT2D eigenvalue weighted by Crippen LogP contribution is -2.40. The van der Waals surface area contributed by atoms with Crippen LogP contribution in [0.3, 0.4) is 0 Å². The minimum atomic E-state index is -3.55. The molecular weight excluding hydrogens is 366 g/mol. The highest BCUT2D eigenvalue weighted by molar-refractivity contribution is 7.91. The fourth-order valence-electron chi connectivity index (χ4n) is 4.90. The predicted octanol–water partition coefficient (Wildman–Crippen LogP) is 2.56. The van der Waals surface area contributed by atoms with E-state index in [9.17, 15) is 13.2 Å². The van der Waals surface area contributed by atoms with Gasteiger partial charge in [0.2, 0.25) is 5.91 Å². The zero-order valence-electron chi connectivity index (χ0n) is 15.6. The molecule has 0 saturated heterocycles. The number of hydrogen-bond acceptors (Lipinski definition) is 5. The third-order valence-electron chi connectivity index (χ3n) is 6.29. The molecule has 1 aliphatic heterocycles. The first-order valence-corrected chi connectivity index (χ1v) is 11.5. The third kappa shape index (κ3) is 3.93. The van der Waals surface area contributed by atoms with Crippen molar-refractivity contribution in [3.8, 4) is 11.5 Å². The van der Waals surface area contributed by atoms with Gasteiger partial charge < -0.3 is 14.8 Å². The Morgan fingerprint density at radius 3 is 2.67 bits per heavy atom. The quantitative estimate of drug-likeness (QED) is 0.803. The van der Waals surface area contributed by atoms with Gasteiger partial charge in [-0.2, -0.15) is 0 Å². The average Bonchev–Trinajstić information content (AvgIpc) is 3.29. The van der Waals surface area contributed by atoms with Crippen molar-refractivity contribution >= 4 is 15.7 Å². The second-order valence-electron chi connectivity index (χ2n) is 8.07. The van der Waals surface area contributed by atoms with Gasteiger partial charge in [-0.05, 0) is 56.1 Å². The van der Waals surface area contributed by atoms with Crippen LogP contribution in [0.15, 0.2) is 23.1 Å². The van der Waals surface area contributed by atoms with Crippen LogP contribution in [0.4, 0.5) is 0 Å². The molecule has 2 saturated carbocycles. The summed E-state index contributed by atoms with van der Waals surface area (Å²) in [5, 5.41) is 3.03. The Kier molecular flexibility index (Phi) is 5.05. The first kappa shape index (κ1) is 18.6. The highest BCUT2D eigenvalue weighted by Gasteiger charge is 2.42. The lowest BCUT2D eigenvalue weighted by Gasteiger charge is -2.28. The molecule has 1 aromatic rings. The van der Waals surface area contributed by atoms with Crippen LogP contribution in [-0.2, 0) is 14.6 Å². The summed E-state index contributed by atoms with van der Waals surface area (Å²) < 4.78 is 36.1. The van der Waals surface area contributed by atoms with Crippen molar-refractivity contribution in [2.24, 2.45) is 17.8 Å². The number of nitrogens with one attached hydrogen (secondary N) is 1. The van der Waals surface area contributed by atoms with Crippen molar-refractivity contribution in [3.63, 3.8) is 0 Å². The zero-order chi connectivity index (χ0) is 19.0. The van der Waals surface area contributed by atoms with Gasteiger partial charge in [-0.1, -0.05) is 6.42 Å². The minimum Gasteiger partial charge on any atom is -0.486 e. The lowest BCUT2D eigenvalue weighted by molar-refractivity contribution is -0.121. The largest absolute Gasteiger partial charge is 0.486 e. The molecule has 1 heterocycles. The molecule has 2 bridgehead atoms. The van der Waals surface area contributed by atoms with Crippen molar-refractivity contribution in [3.05, 3.63) is 18.2 Å². The Morgan fingerprint density at radius 2 is 1.96 bits per heavy atom. The maximum atomic E-state index is 12.6. The SMILES string of the molecule is C[C@H](NC(=O)CCS(=O)(=O)c1ccc2c(c1)OCCO2)[C@H]1C[C@H]2CC[C@H]1C2. The summed E-state index contributed by atoms with van der Waals surface area (Å²) in [6.45, 7) is 2.92. The second kappa shape index (κ2) is 7.34. The lowest BCUT2D eigenvalue weighted by atomic mass is 9.84. The summed E-state index contributed by atoms with van der Waals surface area (Å²) in [5.41, 5.74) is 0. The molecule has 0 aromatic heterocycles. The second-order valence-corrected chi connectivity index (χ2v) is 10.2. The van der Waals surface area contributed by atoms with E-state index in [0.29, 0.717) is 30.6 Å². The Morgan fingerprint density at radius 1 is 1.19 bits per heavy atom. The smallest absolute Gasteiger partial charge is 0.221 e. The summed E-state index contributed by atoms with van der Waals surface area (Å²) >= 11 is 0. The number of carbonyl (C=O) groups is 1. The van der Waals surface area contributed by atoms with E-state index in [0.717, 1.165) is 11.8 Å². The molecule has 7 heteroatoms. The molecule has 4 rings (SSSR count). The van der Waals surface area contributed by atoms with Gasteiger partial charge >= 0.3 is 0 Å². The van der Waals surface area contributed by atoms with Crippen LogP contribution >= 0.6 is 0 Å². The van der Waals surface area contributed by atoms with E-state index >= 15 is 0 Å². The zero-order valence-corrected chi connectivity index (χ0v) is 16.5. The van der Waals surface area contributed by atoms with E-state index < -0.39 is 9.84 Å². The number of benzene rings is 1. The first-order valence-electron chi connectivity index (χ1n) is 9.84. The highest BCUT2D eigenvalue weighted by Crippen LogP contribution is 2.49. The molecule has 0 unspecified atom stereocenters. The highest BCUT2D eigenvalue weighted by atomic mass is 32.2. The minimum absolute atomic E-state index is 0.0259. The summed E-state index contributed by atoms with van der Waals surface area (Å²) in [5.74, 6) is 2.70. The molecule has 6 nitrogen and oxygen atoms in total. The number of fused-ring (bicyclic) bond motifs is 3. The van der Waals surface area contributed by atoms with Crippen LogP contribution in [0.2, 0.25) is 0 Å². The monoisotopic (exact) mass is 393 g/mol. The molecule has 0 spiro atoms. The van der Waals surface area contributed by atoms with E-state index in [-0.39, 0.29) is 29.0 Å². The van der Waals surface area contributed by atoms with Gasteiger partial charge in [0.25, 0.3) is 0 Å². The van der Waals surface area contributed by atoms with Crippen LogP contribution < -0.4 is 14.8 Å². The van der Waals surface area contributed by atoms with Crippen molar-refractivity contribution < 1.29 is 22.7 Å². The maximum absolute atomic E-state index is 12.6. The van der Waals surface area contributed by atoms with E-state index in [4.69, 9.17) is 9.47 Å². The Labute approximate surface area is 160 Å². The Hall–Kier alpha value is -1.76.